The van der Waals surface area contributed by atoms with Gasteiger partial charge in [-0.1, -0.05) is 18.2 Å². The van der Waals surface area contributed by atoms with Crippen LogP contribution < -0.4 is 10.0 Å². The maximum absolute atomic E-state index is 13.0. The van der Waals surface area contributed by atoms with Crippen LogP contribution in [-0.4, -0.2) is 24.7 Å². The Balaban J connectivity index is 2.14. The fraction of sp³-hybridized carbons (Fsp3) is 0.400. The van der Waals surface area contributed by atoms with Gasteiger partial charge in [-0.15, -0.1) is 0 Å². The van der Waals surface area contributed by atoms with Crippen molar-refractivity contribution < 1.29 is 21.6 Å². The molecule has 2 N–H and O–H groups in total. The number of fused-ring (bicyclic) bond motifs is 1. The molecule has 1 aromatic heterocycles. The van der Waals surface area contributed by atoms with E-state index < -0.39 is 26.9 Å². The third kappa shape index (κ3) is 2.99. The van der Waals surface area contributed by atoms with E-state index in [1.807, 2.05) is 0 Å². The van der Waals surface area contributed by atoms with Crippen molar-refractivity contribution in [3.05, 3.63) is 41.1 Å². The second kappa shape index (κ2) is 6.03. The van der Waals surface area contributed by atoms with Gasteiger partial charge < -0.3 is 5.73 Å². The minimum absolute atomic E-state index is 0.133. The molecule has 0 amide bonds. The summed E-state index contributed by atoms with van der Waals surface area (Å²) < 4.78 is 66.6. The van der Waals surface area contributed by atoms with E-state index in [1.165, 1.54) is 7.05 Å². The number of aryl methyl sites for hydroxylation is 2. The molecule has 1 aromatic carbocycles. The molecule has 1 aliphatic rings. The lowest BCUT2D eigenvalue weighted by Gasteiger charge is -2.32. The van der Waals surface area contributed by atoms with Crippen LogP contribution in [0.15, 0.2) is 29.3 Å². The molecule has 136 valence electrons. The Bertz CT molecular complexity index is 892. The van der Waals surface area contributed by atoms with E-state index in [4.69, 9.17) is 5.73 Å². The SMILES string of the molecule is Cn1nc(C(F)(F)F)cc1S(=O)(=O)N1CCCc2cccc(CN)c21. The number of nitrogens with zero attached hydrogens (tertiary/aromatic N) is 3. The van der Waals surface area contributed by atoms with E-state index in [0.29, 0.717) is 30.2 Å². The molecule has 0 aliphatic carbocycles. The van der Waals surface area contributed by atoms with E-state index in [2.05, 4.69) is 5.10 Å². The van der Waals surface area contributed by atoms with Crippen molar-refractivity contribution >= 4 is 15.7 Å². The molecule has 0 bridgehead atoms. The summed E-state index contributed by atoms with van der Waals surface area (Å²) in [5.74, 6) is 0. The smallest absolute Gasteiger partial charge is 0.326 e. The normalized spacial score (nSPS) is 15.3. The molecule has 0 radical (unpaired) electrons. The van der Waals surface area contributed by atoms with Crippen molar-refractivity contribution in [3.63, 3.8) is 0 Å². The van der Waals surface area contributed by atoms with E-state index in [1.54, 1.807) is 18.2 Å². The summed E-state index contributed by atoms with van der Waals surface area (Å²) in [5, 5.41) is 2.80. The molecule has 0 saturated carbocycles. The van der Waals surface area contributed by atoms with Gasteiger partial charge in [-0.05, 0) is 24.0 Å². The molecular weight excluding hydrogens is 357 g/mol. The molecule has 2 heterocycles. The number of alkyl halides is 3. The van der Waals surface area contributed by atoms with Crippen LogP contribution in [0.1, 0.15) is 23.2 Å². The van der Waals surface area contributed by atoms with Gasteiger partial charge in [0.15, 0.2) is 10.7 Å². The van der Waals surface area contributed by atoms with Crippen LogP contribution in [-0.2, 0) is 36.2 Å². The first-order chi connectivity index (χ1) is 11.7. The highest BCUT2D eigenvalue weighted by atomic mass is 32.2. The zero-order valence-electron chi connectivity index (χ0n) is 13.4. The van der Waals surface area contributed by atoms with Crippen LogP contribution in [0.25, 0.3) is 0 Å². The molecule has 6 nitrogen and oxygen atoms in total. The third-order valence-corrected chi connectivity index (χ3v) is 6.02. The minimum Gasteiger partial charge on any atom is -0.326 e. The number of para-hydroxylation sites is 1. The quantitative estimate of drug-likeness (QED) is 0.892. The molecule has 0 saturated heterocycles. The number of benzene rings is 1. The number of rotatable bonds is 3. The molecule has 0 unspecified atom stereocenters. The van der Waals surface area contributed by atoms with Gasteiger partial charge in [-0.3, -0.25) is 8.99 Å². The second-order valence-corrected chi connectivity index (χ2v) is 7.61. The molecule has 1 aliphatic heterocycles. The largest absolute Gasteiger partial charge is 0.435 e. The Morgan fingerprint density at radius 3 is 2.64 bits per heavy atom. The van der Waals surface area contributed by atoms with Crippen molar-refractivity contribution in [2.24, 2.45) is 12.8 Å². The summed E-state index contributed by atoms with van der Waals surface area (Å²) in [4.78, 5) is 0. The second-order valence-electron chi connectivity index (χ2n) is 5.80. The fourth-order valence-corrected chi connectivity index (χ4v) is 4.74. The van der Waals surface area contributed by atoms with Crippen molar-refractivity contribution in [2.75, 3.05) is 10.8 Å². The molecule has 0 atom stereocenters. The summed E-state index contributed by atoms with van der Waals surface area (Å²) in [6.07, 6.45) is -3.45. The molecule has 2 aromatic rings. The zero-order valence-corrected chi connectivity index (χ0v) is 14.2. The summed E-state index contributed by atoms with van der Waals surface area (Å²) >= 11 is 0. The topological polar surface area (TPSA) is 81.2 Å². The summed E-state index contributed by atoms with van der Waals surface area (Å²) in [6, 6.07) is 5.88. The summed E-state index contributed by atoms with van der Waals surface area (Å²) in [5.41, 5.74) is 6.40. The van der Waals surface area contributed by atoms with Gasteiger partial charge in [-0.2, -0.15) is 26.7 Å². The molecular formula is C15H17F3N4O2S. The average Bonchev–Trinajstić information content (AvgIpc) is 2.96. The monoisotopic (exact) mass is 374 g/mol. The Hall–Kier alpha value is -2.07. The van der Waals surface area contributed by atoms with E-state index >= 15 is 0 Å². The maximum atomic E-state index is 13.0. The number of aromatic nitrogens is 2. The van der Waals surface area contributed by atoms with Gasteiger partial charge in [-0.25, -0.2) is 0 Å². The minimum atomic E-state index is -4.71. The number of hydrogen-bond acceptors (Lipinski definition) is 4. The first-order valence-corrected chi connectivity index (χ1v) is 9.05. The highest BCUT2D eigenvalue weighted by molar-refractivity contribution is 7.92. The number of hydrogen-bond donors (Lipinski definition) is 1. The van der Waals surface area contributed by atoms with Crippen molar-refractivity contribution in [1.29, 1.82) is 0 Å². The standard InChI is InChI=1S/C15H17F3N4O2S/c1-21-13(8-12(20-21)15(16,17)18)25(23,24)22-7-3-6-10-4-2-5-11(9-19)14(10)22/h2,4-5,8H,3,6-7,9,19H2,1H3. The number of nitrogens with two attached hydrogens (primary N) is 1. The van der Waals surface area contributed by atoms with Gasteiger partial charge in [0, 0.05) is 26.2 Å². The van der Waals surface area contributed by atoms with Crippen LogP contribution in [0, 0.1) is 0 Å². The number of sulfonamides is 1. The zero-order chi connectivity index (χ0) is 18.4. The Kier molecular flexibility index (Phi) is 4.28. The predicted octanol–water partition coefficient (Wildman–Crippen LogP) is 2.04. The molecule has 0 fully saturated rings. The van der Waals surface area contributed by atoms with Gasteiger partial charge in [0.1, 0.15) is 0 Å². The van der Waals surface area contributed by atoms with Gasteiger partial charge >= 0.3 is 6.18 Å². The van der Waals surface area contributed by atoms with Crippen molar-refractivity contribution in [1.82, 2.24) is 9.78 Å². The Morgan fingerprint density at radius 1 is 1.32 bits per heavy atom. The van der Waals surface area contributed by atoms with Crippen LogP contribution >= 0.6 is 0 Å². The molecule has 25 heavy (non-hydrogen) atoms. The lowest BCUT2D eigenvalue weighted by Crippen LogP contribution is -2.37. The Morgan fingerprint density at radius 2 is 2.04 bits per heavy atom. The van der Waals surface area contributed by atoms with Gasteiger partial charge in [0.25, 0.3) is 10.0 Å². The lowest BCUT2D eigenvalue weighted by atomic mass is 9.99. The summed E-state index contributed by atoms with van der Waals surface area (Å²) in [7, 11) is -3.02. The predicted molar refractivity (Wildman–Crippen MR) is 85.4 cm³/mol. The van der Waals surface area contributed by atoms with Crippen LogP contribution in [0.5, 0.6) is 0 Å². The van der Waals surface area contributed by atoms with E-state index in [9.17, 15) is 21.6 Å². The first kappa shape index (κ1) is 17.7. The summed E-state index contributed by atoms with van der Waals surface area (Å²) in [6.45, 7) is 0.313. The molecule has 3 rings (SSSR count). The maximum Gasteiger partial charge on any atom is 0.435 e. The molecule has 10 heteroatoms. The Labute approximate surface area is 143 Å². The number of halogens is 3. The highest BCUT2D eigenvalue weighted by Crippen LogP contribution is 2.36. The van der Waals surface area contributed by atoms with Crippen LogP contribution in [0.2, 0.25) is 0 Å². The van der Waals surface area contributed by atoms with Gasteiger partial charge in [0.05, 0.1) is 5.69 Å². The van der Waals surface area contributed by atoms with E-state index in [0.717, 1.165) is 14.6 Å². The van der Waals surface area contributed by atoms with Crippen LogP contribution in [0.3, 0.4) is 0 Å². The fourth-order valence-electron chi connectivity index (χ4n) is 3.04. The molecule has 0 spiro atoms. The van der Waals surface area contributed by atoms with Crippen molar-refractivity contribution in [3.8, 4) is 0 Å². The van der Waals surface area contributed by atoms with Crippen LogP contribution in [0.4, 0.5) is 18.9 Å². The van der Waals surface area contributed by atoms with E-state index in [-0.39, 0.29) is 13.1 Å². The van der Waals surface area contributed by atoms with Gasteiger partial charge in [0.2, 0.25) is 0 Å². The lowest BCUT2D eigenvalue weighted by molar-refractivity contribution is -0.141. The first-order valence-electron chi connectivity index (χ1n) is 7.61. The average molecular weight is 374 g/mol. The number of anilines is 1. The third-order valence-electron chi connectivity index (χ3n) is 4.16. The van der Waals surface area contributed by atoms with Crippen molar-refractivity contribution in [2.45, 2.75) is 30.6 Å². The highest BCUT2D eigenvalue weighted by Gasteiger charge is 2.39.